The zero-order valence-electron chi connectivity index (χ0n) is 15.8. The van der Waals surface area contributed by atoms with Crippen molar-refractivity contribution >= 4 is 17.7 Å². The van der Waals surface area contributed by atoms with Crippen molar-refractivity contribution in [3.8, 4) is 0 Å². The molecule has 9 heteroatoms. The molecule has 2 atom stereocenters. The summed E-state index contributed by atoms with van der Waals surface area (Å²) >= 11 is 0. The number of hydrogen-bond donors (Lipinski definition) is 1. The van der Waals surface area contributed by atoms with Crippen LogP contribution in [0.5, 0.6) is 0 Å². The Morgan fingerprint density at radius 3 is 2.27 bits per heavy atom. The van der Waals surface area contributed by atoms with Gasteiger partial charge in [-0.1, -0.05) is 6.92 Å². The number of carbonyl (C=O) groups is 3. The maximum atomic E-state index is 12.6. The van der Waals surface area contributed by atoms with Gasteiger partial charge in [0.2, 0.25) is 0 Å². The van der Waals surface area contributed by atoms with E-state index in [2.05, 4.69) is 0 Å². The molecule has 2 rings (SSSR count). The molecule has 0 aromatic rings. The molecule has 0 amide bonds. The third-order valence-electron chi connectivity index (χ3n) is 4.78. The molecule has 0 saturated carbocycles. The van der Waals surface area contributed by atoms with Gasteiger partial charge in [0.1, 0.15) is 0 Å². The molecule has 0 aromatic heterocycles. The molecule has 1 spiro atoms. The summed E-state index contributed by atoms with van der Waals surface area (Å²) in [6.45, 7) is 4.27. The van der Waals surface area contributed by atoms with Crippen molar-refractivity contribution in [3.63, 3.8) is 0 Å². The van der Waals surface area contributed by atoms with E-state index in [9.17, 15) is 19.5 Å². The van der Waals surface area contributed by atoms with Crippen molar-refractivity contribution in [2.24, 2.45) is 0 Å². The summed E-state index contributed by atoms with van der Waals surface area (Å²) in [6.07, 6.45) is -1.14. The Hall–Kier alpha value is -1.55. The lowest BCUT2D eigenvalue weighted by Gasteiger charge is -2.38. The van der Waals surface area contributed by atoms with Crippen LogP contribution in [0.15, 0.2) is 0 Å². The zero-order chi connectivity index (χ0) is 19.3. The van der Waals surface area contributed by atoms with E-state index in [1.165, 1.54) is 0 Å². The van der Waals surface area contributed by atoms with Crippen molar-refractivity contribution in [1.29, 1.82) is 0 Å². The van der Waals surface area contributed by atoms with E-state index >= 15 is 0 Å². The molecular formula is C17H29N3O6. The first kappa shape index (κ1) is 20.8. The number of likely N-dealkylation sites (N-methyl/N-ethyl adjacent to an activating group) is 3. The first-order chi connectivity index (χ1) is 12.3. The fraction of sp³-hybridized carbons (Fsp3) is 0.824. The highest BCUT2D eigenvalue weighted by Gasteiger charge is 2.50. The van der Waals surface area contributed by atoms with Crippen LogP contribution in [0.3, 0.4) is 0 Å². The second-order valence-corrected chi connectivity index (χ2v) is 7.08. The Morgan fingerprint density at radius 2 is 1.62 bits per heavy atom. The van der Waals surface area contributed by atoms with Gasteiger partial charge in [-0.15, -0.1) is 0 Å². The van der Waals surface area contributed by atoms with E-state index in [4.69, 9.17) is 9.47 Å². The number of aliphatic hydroxyl groups is 1. The fourth-order valence-electron chi connectivity index (χ4n) is 3.24. The minimum absolute atomic E-state index is 0.00119. The third kappa shape index (κ3) is 5.23. The number of ketones is 1. The third-order valence-corrected chi connectivity index (χ3v) is 4.78. The van der Waals surface area contributed by atoms with Gasteiger partial charge >= 0.3 is 11.9 Å². The molecule has 2 aliphatic heterocycles. The minimum Gasteiger partial charge on any atom is -0.418 e. The number of Topliss-reactive ketones (excluding diaryl/α,β-unsaturated/α-hetero) is 1. The number of esters is 2. The number of carbonyl (C=O) groups excluding carboxylic acids is 3. The molecule has 0 bridgehead atoms. The van der Waals surface area contributed by atoms with Gasteiger partial charge in [-0.25, -0.2) is 0 Å². The first-order valence-electron chi connectivity index (χ1n) is 8.99. The molecule has 148 valence electrons. The Bertz CT molecular complexity index is 543. The van der Waals surface area contributed by atoms with Crippen molar-refractivity contribution < 1.29 is 29.0 Å². The largest absolute Gasteiger partial charge is 0.418 e. The Morgan fingerprint density at radius 1 is 1.00 bits per heavy atom. The van der Waals surface area contributed by atoms with Crippen LogP contribution >= 0.6 is 0 Å². The quantitative estimate of drug-likeness (QED) is 0.563. The van der Waals surface area contributed by atoms with Crippen LogP contribution < -0.4 is 0 Å². The van der Waals surface area contributed by atoms with E-state index < -0.39 is 29.6 Å². The smallest absolute Gasteiger partial charge is 0.323 e. The highest BCUT2D eigenvalue weighted by molar-refractivity contribution is 5.87. The van der Waals surface area contributed by atoms with Crippen LogP contribution in [0.1, 0.15) is 19.8 Å². The lowest BCUT2D eigenvalue weighted by Crippen LogP contribution is -2.57. The van der Waals surface area contributed by atoms with Crippen molar-refractivity contribution in [2.75, 3.05) is 59.9 Å². The minimum atomic E-state index is -1.96. The molecule has 1 N–H and O–H groups in total. The molecule has 2 heterocycles. The van der Waals surface area contributed by atoms with Gasteiger partial charge in [-0.3, -0.25) is 29.1 Å². The summed E-state index contributed by atoms with van der Waals surface area (Å²) < 4.78 is 10.9. The van der Waals surface area contributed by atoms with Gasteiger partial charge in [0.25, 0.3) is 5.79 Å². The topological polar surface area (TPSA) is 99.6 Å². The van der Waals surface area contributed by atoms with E-state index in [-0.39, 0.29) is 26.1 Å². The van der Waals surface area contributed by atoms with Crippen molar-refractivity contribution in [3.05, 3.63) is 0 Å². The molecule has 0 aliphatic carbocycles. The Kier molecular flexibility index (Phi) is 7.10. The fourth-order valence-corrected chi connectivity index (χ4v) is 3.24. The van der Waals surface area contributed by atoms with E-state index in [1.807, 2.05) is 11.8 Å². The number of aliphatic hydroxyl groups excluding tert-OH is 1. The zero-order valence-corrected chi connectivity index (χ0v) is 15.8. The molecule has 26 heavy (non-hydrogen) atoms. The SMILES string of the molecule is CCN1CCN(C)CC(=O)C(O)[C@@]2(CCCN(C)CC(=O)O2)OC(=O)C1. The van der Waals surface area contributed by atoms with Crippen LogP contribution in [0.4, 0.5) is 0 Å². The van der Waals surface area contributed by atoms with Gasteiger partial charge in [0.05, 0.1) is 19.6 Å². The monoisotopic (exact) mass is 371 g/mol. The van der Waals surface area contributed by atoms with Gasteiger partial charge in [0.15, 0.2) is 11.9 Å². The summed E-state index contributed by atoms with van der Waals surface area (Å²) in [7, 11) is 3.54. The van der Waals surface area contributed by atoms with Crippen LogP contribution in [-0.4, -0.2) is 109 Å². The van der Waals surface area contributed by atoms with Gasteiger partial charge in [-0.2, -0.15) is 0 Å². The summed E-state index contributed by atoms with van der Waals surface area (Å²) in [5.74, 6) is -3.75. The molecule has 2 aliphatic rings. The first-order valence-corrected chi connectivity index (χ1v) is 8.99. The van der Waals surface area contributed by atoms with Crippen LogP contribution in [0.2, 0.25) is 0 Å². The Labute approximate surface area is 153 Å². The second kappa shape index (κ2) is 8.90. The highest BCUT2D eigenvalue weighted by Crippen LogP contribution is 2.28. The normalized spacial score (nSPS) is 31.7. The number of nitrogens with zero attached hydrogens (tertiary/aromatic N) is 3. The highest BCUT2D eigenvalue weighted by atomic mass is 16.7. The maximum Gasteiger partial charge on any atom is 0.323 e. The van der Waals surface area contributed by atoms with E-state index in [1.54, 1.807) is 23.9 Å². The predicted octanol–water partition coefficient (Wildman–Crippen LogP) is -1.31. The molecular weight excluding hydrogens is 342 g/mol. The molecule has 0 radical (unpaired) electrons. The van der Waals surface area contributed by atoms with Crippen molar-refractivity contribution in [2.45, 2.75) is 31.7 Å². The van der Waals surface area contributed by atoms with Crippen LogP contribution in [0, 0.1) is 0 Å². The molecule has 2 saturated heterocycles. The number of ether oxygens (including phenoxy) is 2. The standard InChI is InChI=1S/C17H29N3O6/c1-4-20-9-8-19(3)10-13(21)16(24)17(26-15(23)12-20)6-5-7-18(2)11-14(22)25-17/h16,24H,4-12H2,1-3H3/t16?,17-/m1/s1. The van der Waals surface area contributed by atoms with Crippen molar-refractivity contribution in [1.82, 2.24) is 14.7 Å². The molecule has 0 aromatic carbocycles. The predicted molar refractivity (Wildman–Crippen MR) is 92.3 cm³/mol. The number of hydrogen-bond acceptors (Lipinski definition) is 9. The summed E-state index contributed by atoms with van der Waals surface area (Å²) in [6, 6.07) is 0. The Balaban J connectivity index is 2.33. The lowest BCUT2D eigenvalue weighted by molar-refractivity contribution is -0.262. The van der Waals surface area contributed by atoms with E-state index in [0.29, 0.717) is 32.6 Å². The maximum absolute atomic E-state index is 12.6. The molecule has 1 unspecified atom stereocenters. The summed E-state index contributed by atoms with van der Waals surface area (Å²) in [5.41, 5.74) is 0. The van der Waals surface area contributed by atoms with E-state index in [0.717, 1.165) is 0 Å². The van der Waals surface area contributed by atoms with Gasteiger partial charge in [0, 0.05) is 19.5 Å². The van der Waals surface area contributed by atoms with Gasteiger partial charge < -0.3 is 14.6 Å². The second-order valence-electron chi connectivity index (χ2n) is 7.08. The number of rotatable bonds is 1. The summed E-state index contributed by atoms with van der Waals surface area (Å²) in [5, 5.41) is 10.7. The molecule has 9 nitrogen and oxygen atoms in total. The average molecular weight is 371 g/mol. The molecule has 2 fully saturated rings. The van der Waals surface area contributed by atoms with Crippen LogP contribution in [0.25, 0.3) is 0 Å². The average Bonchev–Trinajstić information content (AvgIpc) is 2.56. The lowest BCUT2D eigenvalue weighted by atomic mass is 9.98. The summed E-state index contributed by atoms with van der Waals surface area (Å²) in [4.78, 5) is 42.6. The van der Waals surface area contributed by atoms with Crippen LogP contribution in [-0.2, 0) is 23.9 Å². The van der Waals surface area contributed by atoms with Gasteiger partial charge in [-0.05, 0) is 33.6 Å².